The van der Waals surface area contributed by atoms with Gasteiger partial charge in [0.1, 0.15) is 28.7 Å². The second-order valence-corrected chi connectivity index (χ2v) is 9.10. The first kappa shape index (κ1) is 23.3. The lowest BCUT2D eigenvalue weighted by Gasteiger charge is -2.26. The van der Waals surface area contributed by atoms with E-state index in [9.17, 15) is 10.1 Å². The maximum atomic E-state index is 13.0. The molecule has 4 aromatic rings. The van der Waals surface area contributed by atoms with Crippen molar-refractivity contribution in [2.24, 2.45) is 5.73 Å². The average Bonchev–Trinajstić information content (AvgIpc) is 3.18. The highest BCUT2D eigenvalue weighted by Gasteiger charge is 2.31. The third kappa shape index (κ3) is 3.89. The number of hydrogen-bond acceptors (Lipinski definition) is 6. The Bertz CT molecular complexity index is 1590. The predicted octanol–water partition coefficient (Wildman–Crippen LogP) is 6.36. The van der Waals surface area contributed by atoms with E-state index in [0.29, 0.717) is 22.7 Å². The molecule has 2 heterocycles. The molecule has 0 fully saturated rings. The summed E-state index contributed by atoms with van der Waals surface area (Å²) in [5.41, 5.74) is 13.0. The van der Waals surface area contributed by atoms with Gasteiger partial charge in [-0.25, -0.2) is 4.79 Å². The maximum Gasteiger partial charge on any atom is 0.379 e. The van der Waals surface area contributed by atoms with Crippen molar-refractivity contribution in [3.8, 4) is 17.6 Å². The van der Waals surface area contributed by atoms with Gasteiger partial charge in [0.05, 0.1) is 5.92 Å². The number of esters is 1. The number of aryl methyl sites for hydroxylation is 4. The predicted molar refractivity (Wildman–Crippen MR) is 137 cm³/mol. The highest BCUT2D eigenvalue weighted by molar-refractivity contribution is 5.97. The number of hydrogen-bond donors (Lipinski definition) is 1. The monoisotopic (exact) mass is 478 g/mol. The average molecular weight is 479 g/mol. The molecule has 6 nitrogen and oxygen atoms in total. The van der Waals surface area contributed by atoms with Crippen LogP contribution in [0.3, 0.4) is 0 Å². The van der Waals surface area contributed by atoms with E-state index in [4.69, 9.17) is 19.6 Å². The highest BCUT2D eigenvalue weighted by atomic mass is 16.5. The van der Waals surface area contributed by atoms with Crippen LogP contribution < -0.4 is 15.2 Å². The van der Waals surface area contributed by atoms with E-state index in [1.165, 1.54) is 5.56 Å². The summed E-state index contributed by atoms with van der Waals surface area (Å²) in [6.45, 7) is 7.96. The van der Waals surface area contributed by atoms with Crippen LogP contribution in [0, 0.1) is 32.1 Å². The van der Waals surface area contributed by atoms with Crippen LogP contribution in [0.15, 0.2) is 70.5 Å². The lowest BCUT2D eigenvalue weighted by molar-refractivity contribution is 0.0702. The first-order valence-electron chi connectivity index (χ1n) is 11.8. The largest absolute Gasteiger partial charge is 0.449 e. The van der Waals surface area contributed by atoms with Crippen molar-refractivity contribution in [1.82, 2.24) is 0 Å². The first-order valence-corrected chi connectivity index (χ1v) is 11.8. The van der Waals surface area contributed by atoms with Crippen molar-refractivity contribution in [2.75, 3.05) is 0 Å². The Morgan fingerprint density at radius 2 is 1.78 bits per heavy atom. The second-order valence-electron chi connectivity index (χ2n) is 9.10. The molecule has 5 rings (SSSR count). The number of rotatable bonds is 4. The molecule has 0 bridgehead atoms. The molecule has 1 aliphatic heterocycles. The molecule has 1 aliphatic rings. The van der Waals surface area contributed by atoms with Crippen molar-refractivity contribution in [3.05, 3.63) is 105 Å². The standard InChI is InChI=1S/C30H26N2O4/c1-5-19-6-8-20(9-7-19)27-22-11-10-21(14-26(22)36-29(32)24(27)15-31)34-30(33)28-18(4)23-12-16(2)17(3)13-25(23)35-28/h6-14,27H,5,32H2,1-4H3. The molecule has 1 atom stereocenters. The van der Waals surface area contributed by atoms with Crippen molar-refractivity contribution in [2.45, 2.75) is 40.0 Å². The van der Waals surface area contributed by atoms with Crippen LogP contribution in [0.1, 0.15) is 56.8 Å². The number of ether oxygens (including phenoxy) is 2. The van der Waals surface area contributed by atoms with Gasteiger partial charge in [-0.3, -0.25) is 0 Å². The van der Waals surface area contributed by atoms with Gasteiger partial charge in [0.25, 0.3) is 0 Å². The van der Waals surface area contributed by atoms with Crippen LogP contribution >= 0.6 is 0 Å². The molecule has 0 spiro atoms. The van der Waals surface area contributed by atoms with Gasteiger partial charge in [0.15, 0.2) is 0 Å². The van der Waals surface area contributed by atoms with Crippen LogP contribution in [-0.2, 0) is 6.42 Å². The van der Waals surface area contributed by atoms with Crippen LogP contribution in [0.25, 0.3) is 11.0 Å². The van der Waals surface area contributed by atoms with E-state index >= 15 is 0 Å². The molecule has 36 heavy (non-hydrogen) atoms. The topological polar surface area (TPSA) is 98.5 Å². The van der Waals surface area contributed by atoms with Gasteiger partial charge in [0, 0.05) is 22.6 Å². The third-order valence-corrected chi connectivity index (χ3v) is 6.86. The summed E-state index contributed by atoms with van der Waals surface area (Å²) >= 11 is 0. The van der Waals surface area contributed by atoms with Gasteiger partial charge in [-0.15, -0.1) is 0 Å². The van der Waals surface area contributed by atoms with Gasteiger partial charge in [-0.2, -0.15) is 5.26 Å². The molecule has 0 radical (unpaired) electrons. The Kier molecular flexibility index (Phi) is 5.77. The fraction of sp³-hybridized carbons (Fsp3) is 0.200. The smallest absolute Gasteiger partial charge is 0.379 e. The summed E-state index contributed by atoms with van der Waals surface area (Å²) in [6, 6.07) is 19.4. The van der Waals surface area contributed by atoms with Crippen molar-refractivity contribution in [3.63, 3.8) is 0 Å². The van der Waals surface area contributed by atoms with E-state index in [0.717, 1.165) is 39.6 Å². The molecule has 180 valence electrons. The number of carbonyl (C=O) groups is 1. The van der Waals surface area contributed by atoms with E-state index in [2.05, 4.69) is 13.0 Å². The normalized spacial score (nSPS) is 14.8. The third-order valence-electron chi connectivity index (χ3n) is 6.86. The lowest BCUT2D eigenvalue weighted by atomic mass is 9.83. The summed E-state index contributed by atoms with van der Waals surface area (Å²) in [5, 5.41) is 10.7. The van der Waals surface area contributed by atoms with E-state index in [1.54, 1.807) is 18.2 Å². The number of benzene rings is 3. The molecule has 0 saturated carbocycles. The zero-order valence-corrected chi connectivity index (χ0v) is 20.6. The molecule has 0 saturated heterocycles. The van der Waals surface area contributed by atoms with Crippen LogP contribution in [0.2, 0.25) is 0 Å². The molecular formula is C30H26N2O4. The summed E-state index contributed by atoms with van der Waals surface area (Å²) in [7, 11) is 0. The number of allylic oxidation sites excluding steroid dienone is 1. The number of nitrogens with two attached hydrogens (primary N) is 1. The van der Waals surface area contributed by atoms with Crippen molar-refractivity contribution < 1.29 is 18.7 Å². The Morgan fingerprint density at radius 3 is 2.47 bits per heavy atom. The van der Waals surface area contributed by atoms with Gasteiger partial charge < -0.3 is 19.6 Å². The lowest BCUT2D eigenvalue weighted by Crippen LogP contribution is -2.21. The highest BCUT2D eigenvalue weighted by Crippen LogP contribution is 2.43. The van der Waals surface area contributed by atoms with Gasteiger partial charge in [0.2, 0.25) is 11.6 Å². The molecule has 0 amide bonds. The molecule has 3 aromatic carbocycles. The summed E-state index contributed by atoms with van der Waals surface area (Å²) in [4.78, 5) is 13.0. The van der Waals surface area contributed by atoms with E-state index < -0.39 is 5.97 Å². The number of furan rings is 1. The van der Waals surface area contributed by atoms with Gasteiger partial charge in [-0.05, 0) is 67.6 Å². The molecule has 1 unspecified atom stereocenters. The minimum atomic E-state index is -0.595. The van der Waals surface area contributed by atoms with Crippen LogP contribution in [0.5, 0.6) is 11.5 Å². The Balaban J connectivity index is 1.48. The van der Waals surface area contributed by atoms with Crippen molar-refractivity contribution in [1.29, 1.82) is 5.26 Å². The number of carbonyl (C=O) groups excluding carboxylic acids is 1. The molecule has 0 aliphatic carbocycles. The molecule has 2 N–H and O–H groups in total. The second kappa shape index (κ2) is 8.94. The fourth-order valence-electron chi connectivity index (χ4n) is 4.61. The summed E-state index contributed by atoms with van der Waals surface area (Å²) < 4.78 is 17.3. The Hall–Kier alpha value is -4.50. The van der Waals surface area contributed by atoms with Crippen molar-refractivity contribution >= 4 is 16.9 Å². The van der Waals surface area contributed by atoms with Gasteiger partial charge in [-0.1, -0.05) is 37.3 Å². The zero-order valence-electron chi connectivity index (χ0n) is 20.6. The molecule has 6 heteroatoms. The minimum Gasteiger partial charge on any atom is -0.449 e. The Labute approximate surface area is 209 Å². The zero-order chi connectivity index (χ0) is 25.6. The fourth-order valence-corrected chi connectivity index (χ4v) is 4.61. The molecule has 1 aromatic heterocycles. The summed E-state index contributed by atoms with van der Waals surface area (Å²) in [6.07, 6.45) is 0.923. The minimum absolute atomic E-state index is 0.0388. The van der Waals surface area contributed by atoms with Gasteiger partial charge >= 0.3 is 5.97 Å². The number of nitrogens with zero attached hydrogens (tertiary/aromatic N) is 1. The Morgan fingerprint density at radius 1 is 1.06 bits per heavy atom. The molecular weight excluding hydrogens is 452 g/mol. The summed E-state index contributed by atoms with van der Waals surface area (Å²) in [5.74, 6) is -0.0416. The number of nitriles is 1. The van der Waals surface area contributed by atoms with Crippen LogP contribution in [-0.4, -0.2) is 5.97 Å². The van der Waals surface area contributed by atoms with E-state index in [-0.39, 0.29) is 17.6 Å². The SMILES string of the molecule is CCc1ccc(C2C(C#N)=C(N)Oc3cc(OC(=O)c4oc5cc(C)c(C)cc5c4C)ccc32)cc1. The number of fused-ring (bicyclic) bond motifs is 2. The first-order chi connectivity index (χ1) is 17.3. The maximum absolute atomic E-state index is 13.0. The van der Waals surface area contributed by atoms with Crippen LogP contribution in [0.4, 0.5) is 0 Å². The van der Waals surface area contributed by atoms with E-state index in [1.807, 2.05) is 57.2 Å². The quantitative estimate of drug-likeness (QED) is 0.271.